The van der Waals surface area contributed by atoms with Crippen LogP contribution >= 0.6 is 0 Å². The molecule has 2 aromatic carbocycles. The highest BCUT2D eigenvalue weighted by atomic mass is 16.5. The van der Waals surface area contributed by atoms with E-state index in [2.05, 4.69) is 24.3 Å². The second kappa shape index (κ2) is 7.29. The van der Waals surface area contributed by atoms with Crippen molar-refractivity contribution in [3.05, 3.63) is 71.3 Å². The molecule has 1 atom stereocenters. The molecule has 0 unspecified atom stereocenters. The third-order valence-electron chi connectivity index (χ3n) is 6.13. The maximum absolute atomic E-state index is 13.3. The van der Waals surface area contributed by atoms with E-state index in [1.54, 1.807) is 0 Å². The second-order valence-corrected chi connectivity index (χ2v) is 9.08. The summed E-state index contributed by atoms with van der Waals surface area (Å²) in [5.74, 6) is 0.114. The Balaban J connectivity index is 1.80. The van der Waals surface area contributed by atoms with Crippen molar-refractivity contribution in [3.63, 3.8) is 0 Å². The number of carbonyl (C=O) groups excluding carboxylic acids is 2. The average Bonchev–Trinajstić information content (AvgIpc) is 3.21. The first-order valence-electron chi connectivity index (χ1n) is 10.4. The number of ketones is 1. The fourth-order valence-corrected chi connectivity index (χ4v) is 4.81. The van der Waals surface area contributed by atoms with Crippen molar-refractivity contribution in [1.29, 1.82) is 0 Å². The van der Waals surface area contributed by atoms with Crippen molar-refractivity contribution in [1.82, 2.24) is 0 Å². The number of hydrogen-bond acceptors (Lipinski definition) is 3. The molecule has 150 valence electrons. The van der Waals surface area contributed by atoms with E-state index in [-0.39, 0.29) is 5.97 Å². The molecule has 1 saturated carbocycles. The molecule has 2 aromatic rings. The fourth-order valence-electron chi connectivity index (χ4n) is 4.81. The number of carbonyl (C=O) groups is 2. The lowest BCUT2D eigenvalue weighted by Crippen LogP contribution is -2.30. The van der Waals surface area contributed by atoms with Crippen LogP contribution in [0.5, 0.6) is 0 Å². The molecule has 0 aromatic heterocycles. The van der Waals surface area contributed by atoms with Gasteiger partial charge in [0.2, 0.25) is 0 Å². The minimum Gasteiger partial charge on any atom is -0.465 e. The van der Waals surface area contributed by atoms with Crippen LogP contribution in [0.25, 0.3) is 11.1 Å². The third kappa shape index (κ3) is 3.23. The van der Waals surface area contributed by atoms with E-state index in [0.29, 0.717) is 25.2 Å². The maximum atomic E-state index is 13.3. The van der Waals surface area contributed by atoms with Gasteiger partial charge in [-0.3, -0.25) is 9.59 Å². The second-order valence-electron chi connectivity index (χ2n) is 9.08. The summed E-state index contributed by atoms with van der Waals surface area (Å²) in [5, 5.41) is 0. The number of allylic oxidation sites excluding steroid dienone is 1. The minimum atomic E-state index is -0.554. The number of fused-ring (bicyclic) bond motifs is 2. The minimum absolute atomic E-state index is 0.197. The van der Waals surface area contributed by atoms with Crippen LogP contribution in [0.1, 0.15) is 63.1 Å². The summed E-state index contributed by atoms with van der Waals surface area (Å²) in [6.45, 7) is 5.91. The first-order valence-corrected chi connectivity index (χ1v) is 10.4. The van der Waals surface area contributed by atoms with Crippen molar-refractivity contribution in [2.75, 3.05) is 6.61 Å². The standard InChI is InChI=1S/C26H28O3/c1-25(2,3)24(28)29-17-15-20-19-12-7-8-13-21(19)26(16-9-14-22(26)27)23(20)18-10-5-4-6-11-18/h4-8,10-13H,9,14-17H2,1-3H3/t26-/m0/s1. The van der Waals surface area contributed by atoms with Crippen LogP contribution < -0.4 is 0 Å². The lowest BCUT2D eigenvalue weighted by Gasteiger charge is -2.28. The largest absolute Gasteiger partial charge is 0.465 e. The molecule has 1 spiro atoms. The molecule has 0 radical (unpaired) electrons. The molecular weight excluding hydrogens is 360 g/mol. The van der Waals surface area contributed by atoms with Gasteiger partial charge in [0.25, 0.3) is 0 Å². The Bertz CT molecular complexity index is 979. The zero-order chi connectivity index (χ0) is 20.6. The van der Waals surface area contributed by atoms with Crippen LogP contribution in [0.2, 0.25) is 0 Å². The van der Waals surface area contributed by atoms with Gasteiger partial charge in [0.15, 0.2) is 0 Å². The van der Waals surface area contributed by atoms with Gasteiger partial charge in [-0.05, 0) is 61.4 Å². The number of ether oxygens (including phenoxy) is 1. The van der Waals surface area contributed by atoms with E-state index in [1.807, 2.05) is 51.1 Å². The van der Waals surface area contributed by atoms with Crippen molar-refractivity contribution in [2.45, 2.75) is 51.9 Å². The molecule has 29 heavy (non-hydrogen) atoms. The molecule has 0 bridgehead atoms. The van der Waals surface area contributed by atoms with Gasteiger partial charge in [-0.25, -0.2) is 0 Å². The first kappa shape index (κ1) is 19.6. The Morgan fingerprint density at radius 3 is 2.38 bits per heavy atom. The monoisotopic (exact) mass is 388 g/mol. The van der Waals surface area contributed by atoms with E-state index in [1.165, 1.54) is 0 Å². The number of Topliss-reactive ketones (excluding diaryl/α,β-unsaturated/α-hetero) is 1. The van der Waals surface area contributed by atoms with Gasteiger partial charge < -0.3 is 4.74 Å². The lowest BCUT2D eigenvalue weighted by atomic mass is 9.72. The summed E-state index contributed by atoms with van der Waals surface area (Å²) in [4.78, 5) is 25.5. The zero-order valence-corrected chi connectivity index (χ0v) is 17.5. The van der Waals surface area contributed by atoms with Crippen LogP contribution in [0.3, 0.4) is 0 Å². The Hall–Kier alpha value is -2.68. The summed E-state index contributed by atoms with van der Waals surface area (Å²) >= 11 is 0. The SMILES string of the molecule is CC(C)(C)C(=O)OCCC1=C(c2ccccc2)[C@@]2(CCCC2=O)c2ccccc21. The Morgan fingerprint density at radius 2 is 1.72 bits per heavy atom. The Kier molecular flexibility index (Phi) is 4.94. The van der Waals surface area contributed by atoms with E-state index in [0.717, 1.165) is 40.7 Å². The topological polar surface area (TPSA) is 43.4 Å². The van der Waals surface area contributed by atoms with Crippen molar-refractivity contribution >= 4 is 22.9 Å². The third-order valence-corrected chi connectivity index (χ3v) is 6.13. The highest BCUT2D eigenvalue weighted by molar-refractivity contribution is 6.15. The summed E-state index contributed by atoms with van der Waals surface area (Å²) in [7, 11) is 0. The Labute approximate surface area is 172 Å². The number of rotatable bonds is 4. The van der Waals surface area contributed by atoms with Gasteiger partial charge in [-0.15, -0.1) is 0 Å². The summed E-state index contributed by atoms with van der Waals surface area (Å²) < 4.78 is 5.59. The van der Waals surface area contributed by atoms with Crippen LogP contribution in [0.15, 0.2) is 54.6 Å². The molecule has 2 aliphatic rings. The smallest absolute Gasteiger partial charge is 0.311 e. The van der Waals surface area contributed by atoms with Crippen molar-refractivity contribution in [3.8, 4) is 0 Å². The quantitative estimate of drug-likeness (QED) is 0.642. The van der Waals surface area contributed by atoms with E-state index >= 15 is 0 Å². The van der Waals surface area contributed by atoms with Gasteiger partial charge in [-0.2, -0.15) is 0 Å². The van der Waals surface area contributed by atoms with Gasteiger partial charge in [-0.1, -0.05) is 54.6 Å². The number of hydrogen-bond donors (Lipinski definition) is 0. The molecule has 0 N–H and O–H groups in total. The molecule has 3 nitrogen and oxygen atoms in total. The van der Waals surface area contributed by atoms with Crippen LogP contribution in [-0.2, 0) is 19.7 Å². The zero-order valence-electron chi connectivity index (χ0n) is 17.5. The van der Waals surface area contributed by atoms with E-state index in [4.69, 9.17) is 4.74 Å². The molecule has 3 heteroatoms. The van der Waals surface area contributed by atoms with Crippen LogP contribution in [-0.4, -0.2) is 18.4 Å². The normalized spacial score (nSPS) is 21.0. The van der Waals surface area contributed by atoms with E-state index < -0.39 is 10.8 Å². The van der Waals surface area contributed by atoms with Crippen molar-refractivity contribution < 1.29 is 14.3 Å². The van der Waals surface area contributed by atoms with Gasteiger partial charge in [0.1, 0.15) is 5.78 Å². The van der Waals surface area contributed by atoms with Gasteiger partial charge >= 0.3 is 5.97 Å². The molecule has 0 amide bonds. The van der Waals surface area contributed by atoms with Gasteiger partial charge in [0, 0.05) is 12.8 Å². The van der Waals surface area contributed by atoms with Crippen molar-refractivity contribution in [2.24, 2.45) is 5.41 Å². The Morgan fingerprint density at radius 1 is 1.03 bits per heavy atom. The summed E-state index contributed by atoms with van der Waals surface area (Å²) in [5.41, 5.74) is 4.54. The molecule has 1 fully saturated rings. The highest BCUT2D eigenvalue weighted by Crippen LogP contribution is 2.57. The molecule has 4 rings (SSSR count). The summed E-state index contributed by atoms with van der Waals surface area (Å²) in [6.07, 6.45) is 2.99. The summed E-state index contributed by atoms with van der Waals surface area (Å²) in [6, 6.07) is 18.5. The molecule has 0 saturated heterocycles. The lowest BCUT2D eigenvalue weighted by molar-refractivity contribution is -0.152. The molecule has 2 aliphatic carbocycles. The molecule has 0 aliphatic heterocycles. The molecule has 0 heterocycles. The average molecular weight is 389 g/mol. The number of benzene rings is 2. The first-order chi connectivity index (χ1) is 13.9. The molecular formula is C26H28O3. The predicted molar refractivity (Wildman–Crippen MR) is 115 cm³/mol. The highest BCUT2D eigenvalue weighted by Gasteiger charge is 2.52. The fraction of sp³-hybridized carbons (Fsp3) is 0.385. The number of esters is 1. The van der Waals surface area contributed by atoms with Gasteiger partial charge in [0.05, 0.1) is 17.4 Å². The van der Waals surface area contributed by atoms with Crippen LogP contribution in [0, 0.1) is 5.41 Å². The van der Waals surface area contributed by atoms with E-state index in [9.17, 15) is 9.59 Å². The van der Waals surface area contributed by atoms with Crippen LogP contribution in [0.4, 0.5) is 0 Å². The maximum Gasteiger partial charge on any atom is 0.311 e. The predicted octanol–water partition coefficient (Wildman–Crippen LogP) is 5.58.